The summed E-state index contributed by atoms with van der Waals surface area (Å²) in [7, 11) is 1.57. The first-order valence-electron chi connectivity index (χ1n) is 24.0. The van der Waals surface area contributed by atoms with Crippen LogP contribution in [-0.4, -0.2) is 85.2 Å². The van der Waals surface area contributed by atoms with E-state index in [2.05, 4.69) is 30.2 Å². The number of piperidine rings is 2. The van der Waals surface area contributed by atoms with E-state index in [1.165, 1.54) is 36.4 Å². The monoisotopic (exact) mass is 992 g/mol. The zero-order chi connectivity index (χ0) is 50.8. The molecule has 4 N–H and O–H groups in total. The van der Waals surface area contributed by atoms with Crippen LogP contribution in [0.25, 0.3) is 65.8 Å². The van der Waals surface area contributed by atoms with Gasteiger partial charge in [0.25, 0.3) is 11.1 Å². The number of aldehydes is 1. The smallest absolute Gasteiger partial charge is 0.345 e. The van der Waals surface area contributed by atoms with E-state index < -0.39 is 17.1 Å². The Bertz CT molecular complexity index is 3940. The molecule has 0 bridgehead atoms. The number of rotatable bonds is 9. The van der Waals surface area contributed by atoms with Crippen molar-refractivity contribution in [3.63, 3.8) is 0 Å². The number of carbonyl (C=O) groups excluding carboxylic acids is 1. The number of fused-ring (bicyclic) bond motifs is 8. The van der Waals surface area contributed by atoms with Crippen LogP contribution in [0.4, 0.5) is 8.78 Å². The van der Waals surface area contributed by atoms with Gasteiger partial charge in [0, 0.05) is 95.7 Å². The van der Waals surface area contributed by atoms with E-state index in [0.717, 1.165) is 81.2 Å². The van der Waals surface area contributed by atoms with E-state index in [1.54, 1.807) is 64.8 Å². The van der Waals surface area contributed by atoms with Gasteiger partial charge >= 0.3 is 11.3 Å². The van der Waals surface area contributed by atoms with Gasteiger partial charge in [0.2, 0.25) is 5.88 Å². The minimum Gasteiger partial charge on any atom is -0.481 e. The summed E-state index contributed by atoms with van der Waals surface area (Å²) >= 11 is 0. The van der Waals surface area contributed by atoms with Gasteiger partial charge in [0.15, 0.2) is 0 Å². The molecule has 0 amide bonds. The van der Waals surface area contributed by atoms with Crippen molar-refractivity contribution in [3.8, 4) is 5.88 Å². The van der Waals surface area contributed by atoms with Crippen molar-refractivity contribution in [2.24, 2.45) is 0 Å². The molecular formula is C54H50F2N8O9. The molecule has 0 radical (unpaired) electrons. The molecule has 2 saturated heterocycles. The van der Waals surface area contributed by atoms with Gasteiger partial charge in [-0.3, -0.25) is 18.7 Å². The number of nitrogens with one attached hydrogen (secondary N) is 3. The number of hydrogen-bond donors (Lipinski definition) is 4. The molecule has 2 fully saturated rings. The maximum absolute atomic E-state index is 13.8. The molecule has 374 valence electrons. The third-order valence-corrected chi connectivity index (χ3v) is 13.6. The normalized spacial score (nSPS) is 14.7. The minimum absolute atomic E-state index is 0.0120. The van der Waals surface area contributed by atoms with Crippen LogP contribution in [0.5, 0.6) is 5.88 Å². The number of H-pyrrole nitrogens is 2. The fourth-order valence-electron chi connectivity index (χ4n) is 9.91. The van der Waals surface area contributed by atoms with Crippen molar-refractivity contribution in [1.82, 2.24) is 39.3 Å². The molecule has 73 heavy (non-hydrogen) atoms. The average Bonchev–Trinajstić information content (AvgIpc) is 4.06. The minimum atomic E-state index is -0.502. The molecule has 10 heterocycles. The zero-order valence-corrected chi connectivity index (χ0v) is 39.7. The number of pyridine rings is 4. The number of carbonyl (C=O) groups is 1. The second kappa shape index (κ2) is 20.9. The third kappa shape index (κ3) is 10.1. The Morgan fingerprint density at radius 3 is 1.78 bits per heavy atom. The topological polar surface area (TPSA) is 224 Å². The summed E-state index contributed by atoms with van der Waals surface area (Å²) in [5, 5.41) is 16.2. The van der Waals surface area contributed by atoms with E-state index in [9.17, 15) is 37.9 Å². The van der Waals surface area contributed by atoms with E-state index in [-0.39, 0.29) is 42.0 Å². The van der Waals surface area contributed by atoms with Crippen molar-refractivity contribution in [3.05, 3.63) is 167 Å². The summed E-state index contributed by atoms with van der Waals surface area (Å²) in [6.45, 7) is 4.22. The van der Waals surface area contributed by atoms with Crippen molar-refractivity contribution >= 4 is 72.1 Å². The van der Waals surface area contributed by atoms with Crippen LogP contribution in [0.2, 0.25) is 0 Å². The molecule has 17 nitrogen and oxygen atoms in total. The van der Waals surface area contributed by atoms with Crippen molar-refractivity contribution in [2.75, 3.05) is 39.8 Å². The molecule has 0 unspecified atom stereocenters. The summed E-state index contributed by atoms with van der Waals surface area (Å²) in [5.74, 6) is -0.304. The first-order chi connectivity index (χ1) is 35.5. The molecule has 2 aromatic carbocycles. The Hall–Kier alpha value is -8.13. The highest BCUT2D eigenvalue weighted by Gasteiger charge is 2.24. The van der Waals surface area contributed by atoms with E-state index >= 15 is 0 Å². The Balaban J connectivity index is 0.000000139. The van der Waals surface area contributed by atoms with Crippen LogP contribution in [0.1, 0.15) is 54.8 Å². The number of likely N-dealkylation sites (tertiary alicyclic amines) is 1. The van der Waals surface area contributed by atoms with E-state index in [1.807, 2.05) is 12.1 Å². The van der Waals surface area contributed by atoms with Gasteiger partial charge in [0.05, 0.1) is 41.2 Å². The van der Waals surface area contributed by atoms with Gasteiger partial charge in [-0.1, -0.05) is 0 Å². The fourth-order valence-corrected chi connectivity index (χ4v) is 9.91. The zero-order valence-electron chi connectivity index (χ0n) is 39.7. The predicted octanol–water partition coefficient (Wildman–Crippen LogP) is 6.98. The number of ether oxygens (including phenoxy) is 1. The lowest BCUT2D eigenvalue weighted by Crippen LogP contribution is -2.38. The van der Waals surface area contributed by atoms with Crippen LogP contribution in [0.15, 0.2) is 125 Å². The number of halogens is 2. The van der Waals surface area contributed by atoms with Crippen molar-refractivity contribution < 1.29 is 32.3 Å². The lowest BCUT2D eigenvalue weighted by Gasteiger charge is -2.33. The molecule has 12 rings (SSSR count). The van der Waals surface area contributed by atoms with Gasteiger partial charge < -0.3 is 43.7 Å². The molecule has 0 atom stereocenters. The summed E-state index contributed by atoms with van der Waals surface area (Å²) < 4.78 is 46.3. The number of aliphatic hydroxyl groups is 1. The van der Waals surface area contributed by atoms with Crippen LogP contribution in [0, 0.1) is 11.6 Å². The number of methoxy groups -OCH3 is 1. The highest BCUT2D eigenvalue weighted by molar-refractivity contribution is 6.03. The van der Waals surface area contributed by atoms with E-state index in [4.69, 9.17) is 13.6 Å². The number of aromatic amines is 2. The largest absolute Gasteiger partial charge is 0.481 e. The highest BCUT2D eigenvalue weighted by atomic mass is 19.1. The lowest BCUT2D eigenvalue weighted by atomic mass is 10.0. The van der Waals surface area contributed by atoms with Gasteiger partial charge in [0.1, 0.15) is 40.4 Å². The lowest BCUT2D eigenvalue weighted by molar-refractivity contribution is -0.107. The molecule has 2 aliphatic rings. The second-order valence-corrected chi connectivity index (χ2v) is 18.1. The average molecular weight is 993 g/mol. The van der Waals surface area contributed by atoms with Gasteiger partial charge in [-0.2, -0.15) is 4.98 Å². The summed E-state index contributed by atoms with van der Waals surface area (Å²) in [6, 6.07) is 25.9. The number of aliphatic hydroxyl groups excluding tert-OH is 1. The summed E-state index contributed by atoms with van der Waals surface area (Å²) in [5.41, 5.74) is 4.22. The Labute approximate surface area is 412 Å². The van der Waals surface area contributed by atoms with E-state index in [0.29, 0.717) is 78.7 Å². The quantitative estimate of drug-likeness (QED) is 0.0848. The SMILES string of the molecule is COc1ccc2ccc(=O)n(C3CCN(CCc4cc5c(=O)oc6ccc(F)cc6c5[nH]4)CC3)c2n1.O=CCc1cc2c(=O)oc3ccc(F)cc3c2[nH]1.O=c1ccc2ccc(CO)nc2n1C1CCNCC1. The number of aromatic nitrogens is 6. The third-order valence-electron chi connectivity index (χ3n) is 13.6. The Morgan fingerprint density at radius 2 is 1.21 bits per heavy atom. The van der Waals surface area contributed by atoms with Crippen LogP contribution >= 0.6 is 0 Å². The fraction of sp³-hybridized carbons (Fsp3) is 0.278. The maximum atomic E-state index is 13.8. The number of nitrogens with zero attached hydrogens (tertiary/aromatic N) is 5. The molecule has 0 saturated carbocycles. The highest BCUT2D eigenvalue weighted by Crippen LogP contribution is 2.28. The second-order valence-electron chi connectivity index (χ2n) is 18.1. The molecule has 8 aromatic heterocycles. The van der Waals surface area contributed by atoms with Crippen LogP contribution < -0.4 is 32.4 Å². The molecule has 2 aliphatic heterocycles. The molecule has 0 spiro atoms. The molecule has 10 aromatic rings. The maximum Gasteiger partial charge on any atom is 0.345 e. The first kappa shape index (κ1) is 48.5. The predicted molar refractivity (Wildman–Crippen MR) is 272 cm³/mol. The molecule has 0 aliphatic carbocycles. The van der Waals surface area contributed by atoms with Crippen molar-refractivity contribution in [2.45, 2.75) is 57.2 Å². The molecular weight excluding hydrogens is 943 g/mol. The van der Waals surface area contributed by atoms with Crippen LogP contribution in [0.3, 0.4) is 0 Å². The standard InChI is InChI=1S/C27H25FN4O4.C14H17N3O2.C13H8FNO3/c1-35-23-6-2-16-3-7-24(33)32(26(16)30-23)19-9-12-31(13-10-19)11-8-18-15-21-25(29-18)20-14-17(28)4-5-22(20)36-27(21)34;18-9-11-3-1-10-2-4-13(19)17(14(10)16-11)12-5-7-15-8-6-12;14-7-1-2-11-9(5-7)12-10(13(17)18-11)6-8(15-12)3-4-16/h2-7,14-15,19,29H,8-13H2,1H3;1-4,12,15,18H,5-9H2;1-2,4-6,15H,3H2. The Morgan fingerprint density at radius 1 is 0.671 bits per heavy atom. The van der Waals surface area contributed by atoms with Gasteiger partial charge in [-0.25, -0.2) is 23.4 Å². The van der Waals surface area contributed by atoms with Crippen molar-refractivity contribution in [1.29, 1.82) is 0 Å². The first-order valence-corrected chi connectivity index (χ1v) is 24.0. The Kier molecular flexibility index (Phi) is 13.9. The molecule has 19 heteroatoms. The summed E-state index contributed by atoms with van der Waals surface area (Å²) in [6.07, 6.45) is 5.15. The number of benzene rings is 2. The van der Waals surface area contributed by atoms with Gasteiger partial charge in [-0.05, 0) is 118 Å². The summed E-state index contributed by atoms with van der Waals surface area (Å²) in [4.78, 5) is 77.1. The van der Waals surface area contributed by atoms with Crippen LogP contribution in [-0.2, 0) is 24.2 Å². The number of hydrogen-bond acceptors (Lipinski definition) is 13. The van der Waals surface area contributed by atoms with Gasteiger partial charge in [-0.15, -0.1) is 0 Å².